The minimum Gasteiger partial charge on any atom is -0.508 e. The Labute approximate surface area is 159 Å². The predicted octanol–water partition coefficient (Wildman–Crippen LogP) is 3.71. The normalized spacial score (nSPS) is 15.3. The van der Waals surface area contributed by atoms with Gasteiger partial charge in [-0.05, 0) is 31.2 Å². The molecule has 0 spiro atoms. The second kappa shape index (κ2) is 7.00. The first-order valence-electron chi connectivity index (χ1n) is 8.15. The number of hydrazone groups is 2. The third kappa shape index (κ3) is 3.42. The van der Waals surface area contributed by atoms with Crippen molar-refractivity contribution in [2.75, 3.05) is 10.4 Å². The van der Waals surface area contributed by atoms with Gasteiger partial charge in [0.1, 0.15) is 5.75 Å². The number of carbonyl (C=O) groups excluding carboxylic acids is 1. The maximum absolute atomic E-state index is 12.7. The number of phenols is 1. The third-order valence-electron chi connectivity index (χ3n) is 3.89. The lowest BCUT2D eigenvalue weighted by Gasteiger charge is -2.06. The van der Waals surface area contributed by atoms with Crippen molar-refractivity contribution in [3.05, 3.63) is 60.0 Å². The number of phenolic OH excluding ortho intramolecular Hbond substituents is 1. The molecule has 0 bridgehead atoms. The van der Waals surface area contributed by atoms with E-state index in [1.54, 1.807) is 19.1 Å². The highest BCUT2D eigenvalue weighted by atomic mass is 32.1. The van der Waals surface area contributed by atoms with Gasteiger partial charge >= 0.3 is 5.91 Å². The Morgan fingerprint density at radius 1 is 1.11 bits per heavy atom. The molecule has 0 saturated heterocycles. The van der Waals surface area contributed by atoms with Crippen LogP contribution in [0.4, 0.5) is 10.8 Å². The van der Waals surface area contributed by atoms with E-state index < -0.39 is 0 Å². The van der Waals surface area contributed by atoms with Gasteiger partial charge in [0, 0.05) is 10.9 Å². The maximum atomic E-state index is 12.7. The summed E-state index contributed by atoms with van der Waals surface area (Å²) in [4.78, 5) is 17.2. The fraction of sp³-hybridized carbons (Fsp3) is 0.0526. The van der Waals surface area contributed by atoms with Gasteiger partial charge in [-0.2, -0.15) is 15.2 Å². The SMILES string of the molecule is CC1=NN(c2nc(-c3ccccc3)cs2)C(=O)/C1=N\Nc1ccc(O)cc1. The number of hydrogen-bond donors (Lipinski definition) is 2. The van der Waals surface area contributed by atoms with Crippen LogP contribution in [0, 0.1) is 0 Å². The number of anilines is 2. The number of aromatic nitrogens is 1. The molecule has 7 nitrogen and oxygen atoms in total. The zero-order valence-corrected chi connectivity index (χ0v) is 15.1. The molecular weight excluding hydrogens is 362 g/mol. The van der Waals surface area contributed by atoms with Gasteiger partial charge in [-0.25, -0.2) is 4.98 Å². The number of aromatic hydroxyl groups is 1. The molecule has 2 aromatic carbocycles. The first-order valence-corrected chi connectivity index (χ1v) is 9.03. The number of rotatable bonds is 4. The molecular formula is C19H15N5O2S. The number of nitrogens with one attached hydrogen (secondary N) is 1. The number of benzene rings is 2. The third-order valence-corrected chi connectivity index (χ3v) is 4.71. The van der Waals surface area contributed by atoms with Crippen LogP contribution in [0.5, 0.6) is 5.75 Å². The lowest BCUT2D eigenvalue weighted by molar-refractivity contribution is -0.112. The zero-order valence-electron chi connectivity index (χ0n) is 14.3. The van der Waals surface area contributed by atoms with Crippen LogP contribution < -0.4 is 10.4 Å². The predicted molar refractivity (Wildman–Crippen MR) is 107 cm³/mol. The largest absolute Gasteiger partial charge is 0.508 e. The Kier molecular flexibility index (Phi) is 4.39. The summed E-state index contributed by atoms with van der Waals surface area (Å²) in [6, 6.07) is 16.2. The fourth-order valence-electron chi connectivity index (χ4n) is 2.52. The van der Waals surface area contributed by atoms with E-state index in [4.69, 9.17) is 0 Å². The molecule has 0 radical (unpaired) electrons. The number of hydrogen-bond acceptors (Lipinski definition) is 7. The first-order chi connectivity index (χ1) is 13.1. The lowest BCUT2D eigenvalue weighted by Crippen LogP contribution is -2.27. The highest BCUT2D eigenvalue weighted by Crippen LogP contribution is 2.29. The maximum Gasteiger partial charge on any atom is 0.303 e. The van der Waals surface area contributed by atoms with Gasteiger partial charge in [0.05, 0.1) is 17.1 Å². The topological polar surface area (TPSA) is 90.2 Å². The number of nitrogens with zero attached hydrogens (tertiary/aromatic N) is 4. The summed E-state index contributed by atoms with van der Waals surface area (Å²) >= 11 is 1.35. The highest BCUT2D eigenvalue weighted by Gasteiger charge is 2.32. The van der Waals surface area contributed by atoms with Crippen molar-refractivity contribution in [1.82, 2.24) is 4.98 Å². The van der Waals surface area contributed by atoms with Crippen LogP contribution >= 0.6 is 11.3 Å². The summed E-state index contributed by atoms with van der Waals surface area (Å²) in [7, 11) is 0. The summed E-state index contributed by atoms with van der Waals surface area (Å²) in [6.07, 6.45) is 0. The second-order valence-electron chi connectivity index (χ2n) is 5.80. The van der Waals surface area contributed by atoms with Crippen LogP contribution in [0.3, 0.4) is 0 Å². The Morgan fingerprint density at radius 3 is 2.59 bits per heavy atom. The Bertz CT molecular complexity index is 1040. The molecule has 2 N–H and O–H groups in total. The molecule has 1 aliphatic rings. The van der Waals surface area contributed by atoms with Crippen molar-refractivity contribution >= 4 is 39.5 Å². The molecule has 1 aliphatic heterocycles. The number of carbonyl (C=O) groups is 1. The summed E-state index contributed by atoms with van der Waals surface area (Å²) in [6.45, 7) is 1.72. The minimum absolute atomic E-state index is 0.159. The summed E-state index contributed by atoms with van der Waals surface area (Å²) in [5, 5.41) is 21.4. The smallest absolute Gasteiger partial charge is 0.303 e. The van der Waals surface area contributed by atoms with E-state index in [-0.39, 0.29) is 17.4 Å². The van der Waals surface area contributed by atoms with E-state index in [2.05, 4.69) is 20.6 Å². The van der Waals surface area contributed by atoms with Gasteiger partial charge in [-0.15, -0.1) is 11.3 Å². The van der Waals surface area contributed by atoms with Crippen LogP contribution in [-0.4, -0.2) is 27.4 Å². The van der Waals surface area contributed by atoms with Gasteiger partial charge in [-0.1, -0.05) is 30.3 Å². The standard InChI is InChI=1S/C19H15N5O2S/c1-12-17(22-21-14-7-9-15(25)10-8-14)18(26)24(23-12)19-20-16(11-27-19)13-5-3-2-4-6-13/h2-11,21,25H,1H3/b22-17-. The summed E-state index contributed by atoms with van der Waals surface area (Å²) in [5.41, 5.74) is 5.96. The number of amides is 1. The highest BCUT2D eigenvalue weighted by molar-refractivity contribution is 7.14. The Hall–Kier alpha value is -3.52. The van der Waals surface area contributed by atoms with Crippen molar-refractivity contribution in [2.45, 2.75) is 6.92 Å². The summed E-state index contributed by atoms with van der Waals surface area (Å²) in [5.74, 6) is -0.181. The van der Waals surface area contributed by atoms with E-state index >= 15 is 0 Å². The zero-order chi connectivity index (χ0) is 18.8. The molecule has 8 heteroatoms. The molecule has 3 aromatic rings. The van der Waals surface area contributed by atoms with Crippen LogP contribution in [0.2, 0.25) is 0 Å². The average molecular weight is 377 g/mol. The quantitative estimate of drug-likeness (QED) is 0.536. The Morgan fingerprint density at radius 2 is 1.85 bits per heavy atom. The van der Waals surface area contributed by atoms with Crippen LogP contribution in [-0.2, 0) is 4.79 Å². The monoisotopic (exact) mass is 377 g/mol. The molecule has 0 fully saturated rings. The summed E-state index contributed by atoms with van der Waals surface area (Å²) < 4.78 is 0. The second-order valence-corrected chi connectivity index (χ2v) is 6.64. The first kappa shape index (κ1) is 16.9. The minimum atomic E-state index is -0.340. The lowest BCUT2D eigenvalue weighted by atomic mass is 10.2. The molecule has 27 heavy (non-hydrogen) atoms. The molecule has 0 aliphatic carbocycles. The van der Waals surface area contributed by atoms with Crippen molar-refractivity contribution in [3.8, 4) is 17.0 Å². The molecule has 4 rings (SSSR count). The fourth-order valence-corrected chi connectivity index (χ4v) is 3.30. The van der Waals surface area contributed by atoms with Crippen LogP contribution in [0.1, 0.15) is 6.92 Å². The molecule has 134 valence electrons. The molecule has 2 heterocycles. The Balaban J connectivity index is 1.54. The molecule has 0 atom stereocenters. The van der Waals surface area contributed by atoms with Gasteiger partial charge < -0.3 is 5.11 Å². The van der Waals surface area contributed by atoms with Crippen molar-refractivity contribution in [1.29, 1.82) is 0 Å². The molecule has 0 unspecified atom stereocenters. The number of thiazole rings is 1. The van der Waals surface area contributed by atoms with Gasteiger partial charge in [0.15, 0.2) is 5.71 Å². The van der Waals surface area contributed by atoms with E-state index in [9.17, 15) is 9.90 Å². The average Bonchev–Trinajstić information content (AvgIpc) is 3.27. The van der Waals surface area contributed by atoms with Gasteiger partial charge in [0.25, 0.3) is 0 Å². The van der Waals surface area contributed by atoms with E-state index in [1.807, 2.05) is 35.7 Å². The molecule has 0 saturated carbocycles. The van der Waals surface area contributed by atoms with Crippen LogP contribution in [0.25, 0.3) is 11.3 Å². The van der Waals surface area contributed by atoms with Gasteiger partial charge in [0.2, 0.25) is 5.13 Å². The van der Waals surface area contributed by atoms with Crippen molar-refractivity contribution in [2.24, 2.45) is 10.2 Å². The van der Waals surface area contributed by atoms with E-state index in [0.29, 0.717) is 16.5 Å². The van der Waals surface area contributed by atoms with Crippen LogP contribution in [0.15, 0.2) is 70.2 Å². The van der Waals surface area contributed by atoms with Crippen molar-refractivity contribution < 1.29 is 9.90 Å². The molecule has 1 amide bonds. The van der Waals surface area contributed by atoms with E-state index in [0.717, 1.165) is 11.3 Å². The molecule has 1 aromatic heterocycles. The van der Waals surface area contributed by atoms with Gasteiger partial charge in [-0.3, -0.25) is 10.2 Å². The van der Waals surface area contributed by atoms with E-state index in [1.165, 1.54) is 28.5 Å². The van der Waals surface area contributed by atoms with Crippen molar-refractivity contribution in [3.63, 3.8) is 0 Å².